The molecule has 0 amide bonds. The van der Waals surface area contributed by atoms with E-state index >= 15 is 0 Å². The lowest BCUT2D eigenvalue weighted by Gasteiger charge is -2.28. The summed E-state index contributed by atoms with van der Waals surface area (Å²) < 4.78 is 15.2. The minimum absolute atomic E-state index is 0. The fraction of sp³-hybridized carbons (Fsp3) is 0.0526. The van der Waals surface area contributed by atoms with E-state index < -0.39 is 0 Å². The number of nitrogens with one attached hydrogen (secondary N) is 1. The number of halogens is 1. The van der Waals surface area contributed by atoms with E-state index in [4.69, 9.17) is 4.99 Å². The molecule has 5 rings (SSSR count). The van der Waals surface area contributed by atoms with Gasteiger partial charge >= 0.3 is 0 Å². The number of allylic oxidation sites excluding steroid dienone is 1. The van der Waals surface area contributed by atoms with Crippen molar-refractivity contribution in [3.63, 3.8) is 0 Å². The second-order valence-electron chi connectivity index (χ2n) is 6.20. The van der Waals surface area contributed by atoms with Crippen molar-refractivity contribution in [2.45, 2.75) is 6.54 Å². The number of fused-ring (bicyclic) bond motifs is 3. The third kappa shape index (κ3) is 2.79. The molecule has 2 aliphatic heterocycles. The van der Waals surface area contributed by atoms with E-state index in [0.29, 0.717) is 23.6 Å². The van der Waals surface area contributed by atoms with Gasteiger partial charge in [-0.15, -0.1) is 5.53 Å². The van der Waals surface area contributed by atoms with Crippen molar-refractivity contribution in [1.29, 1.82) is 0 Å². The number of aromatic nitrogens is 2. The van der Waals surface area contributed by atoms with Crippen LogP contribution in [0.5, 0.6) is 0 Å². The van der Waals surface area contributed by atoms with E-state index in [1.54, 1.807) is 29.7 Å². The number of aliphatic imine (C=N–C) groups is 1. The number of imidazole rings is 1. The molecular formula is C19H17FN6O2. The van der Waals surface area contributed by atoms with E-state index in [1.807, 2.05) is 35.0 Å². The van der Waals surface area contributed by atoms with Crippen molar-refractivity contribution >= 4 is 22.8 Å². The molecule has 3 heterocycles. The molecule has 0 saturated carbocycles. The normalized spacial score (nSPS) is 15.1. The largest absolute Gasteiger partial charge is 0.492 e. The summed E-state index contributed by atoms with van der Waals surface area (Å²) in [6.45, 7) is 0.448. The van der Waals surface area contributed by atoms with Gasteiger partial charge in [0, 0.05) is 12.4 Å². The molecule has 2 aliphatic rings. The van der Waals surface area contributed by atoms with E-state index in [2.05, 4.69) is 10.5 Å². The molecular weight excluding hydrogens is 363 g/mol. The van der Waals surface area contributed by atoms with Crippen LogP contribution in [0.2, 0.25) is 0 Å². The predicted molar refractivity (Wildman–Crippen MR) is 104 cm³/mol. The third-order valence-corrected chi connectivity index (χ3v) is 4.47. The van der Waals surface area contributed by atoms with Crippen LogP contribution >= 0.6 is 0 Å². The molecule has 0 bridgehead atoms. The number of benzene rings is 2. The third-order valence-electron chi connectivity index (χ3n) is 4.47. The number of hydrogen-bond acceptors (Lipinski definition) is 6. The Morgan fingerprint density at radius 2 is 1.82 bits per heavy atom. The standard InChI is InChI=1S/C19H15FN6O.H2O/c20-13-5-7-14(8-6-13)25-19(27)18-16(11-24-10-9-21-12-24)22-15-3-1-2-4-17(15)26(18)23-25;/h1-10,12,23,27H,11H2;1H2. The molecule has 0 atom stereocenters. The maximum atomic E-state index is 13.3. The summed E-state index contributed by atoms with van der Waals surface area (Å²) in [7, 11) is 0. The predicted octanol–water partition coefficient (Wildman–Crippen LogP) is 2.46. The number of aliphatic hydroxyl groups is 1. The van der Waals surface area contributed by atoms with E-state index in [9.17, 15) is 9.50 Å². The fourth-order valence-electron chi connectivity index (χ4n) is 3.22. The van der Waals surface area contributed by atoms with Crippen LogP contribution in [0.25, 0.3) is 0 Å². The second-order valence-corrected chi connectivity index (χ2v) is 6.20. The molecule has 0 aliphatic carbocycles. The summed E-state index contributed by atoms with van der Waals surface area (Å²) in [6.07, 6.45) is 5.23. The molecule has 2 aromatic carbocycles. The summed E-state index contributed by atoms with van der Waals surface area (Å²) in [6, 6.07) is 13.5. The molecule has 28 heavy (non-hydrogen) atoms. The van der Waals surface area contributed by atoms with Crippen LogP contribution in [0.1, 0.15) is 0 Å². The molecule has 3 aromatic rings. The number of hydrazine groups is 2. The monoisotopic (exact) mass is 380 g/mol. The Hall–Kier alpha value is -3.69. The van der Waals surface area contributed by atoms with Gasteiger partial charge in [-0.2, -0.15) is 0 Å². The highest BCUT2D eigenvalue weighted by Gasteiger charge is 2.37. The SMILES string of the molecule is O.OC1=C2C(Cn3ccnc3)=Nc3ccccc3N2NN1c1ccc(F)cc1. The van der Waals surface area contributed by atoms with Gasteiger partial charge in [-0.1, -0.05) is 12.1 Å². The van der Waals surface area contributed by atoms with Crippen LogP contribution in [0.15, 0.2) is 83.8 Å². The van der Waals surface area contributed by atoms with Crippen molar-refractivity contribution in [1.82, 2.24) is 15.1 Å². The smallest absolute Gasteiger partial charge is 0.236 e. The lowest BCUT2D eigenvalue weighted by atomic mass is 10.1. The zero-order valence-electron chi connectivity index (χ0n) is 14.6. The summed E-state index contributed by atoms with van der Waals surface area (Å²) >= 11 is 0. The molecule has 1 aromatic heterocycles. The number of hydrogen-bond donors (Lipinski definition) is 2. The van der Waals surface area contributed by atoms with Gasteiger partial charge in [0.1, 0.15) is 11.5 Å². The summed E-state index contributed by atoms with van der Waals surface area (Å²) in [5.41, 5.74) is 6.60. The van der Waals surface area contributed by atoms with Crippen molar-refractivity contribution in [3.05, 3.63) is 84.6 Å². The van der Waals surface area contributed by atoms with Crippen LogP contribution < -0.4 is 15.6 Å². The second kappa shape index (κ2) is 6.80. The average molecular weight is 380 g/mol. The lowest BCUT2D eigenvalue weighted by Crippen LogP contribution is -2.43. The minimum atomic E-state index is -0.337. The molecule has 4 N–H and O–H groups in total. The average Bonchev–Trinajstić information content (AvgIpc) is 3.31. The first-order chi connectivity index (χ1) is 13.2. The summed E-state index contributed by atoms with van der Waals surface area (Å²) in [5.74, 6) is -0.342. The molecule has 0 spiro atoms. The van der Waals surface area contributed by atoms with Gasteiger partial charge in [-0.25, -0.2) is 24.4 Å². The highest BCUT2D eigenvalue weighted by atomic mass is 19.1. The Morgan fingerprint density at radius 1 is 1.04 bits per heavy atom. The van der Waals surface area contributed by atoms with Crippen LogP contribution in [0.4, 0.5) is 21.5 Å². The first-order valence-electron chi connectivity index (χ1n) is 8.39. The van der Waals surface area contributed by atoms with Crippen LogP contribution in [-0.4, -0.2) is 25.8 Å². The van der Waals surface area contributed by atoms with Gasteiger partial charge in [0.25, 0.3) is 0 Å². The van der Waals surface area contributed by atoms with Crippen molar-refractivity contribution in [2.24, 2.45) is 4.99 Å². The van der Waals surface area contributed by atoms with E-state index in [-0.39, 0.29) is 17.2 Å². The topological polar surface area (TPSA) is 100 Å². The number of anilines is 2. The Kier molecular flexibility index (Phi) is 4.30. The van der Waals surface area contributed by atoms with Gasteiger partial charge < -0.3 is 15.1 Å². The number of para-hydroxylation sites is 2. The molecule has 142 valence electrons. The molecule has 0 unspecified atom stereocenters. The van der Waals surface area contributed by atoms with E-state index in [1.165, 1.54) is 17.1 Å². The maximum Gasteiger partial charge on any atom is 0.236 e. The molecule has 0 saturated heterocycles. The van der Waals surface area contributed by atoms with Gasteiger partial charge in [0.15, 0.2) is 0 Å². The van der Waals surface area contributed by atoms with Crippen LogP contribution in [0, 0.1) is 5.82 Å². The fourth-order valence-corrected chi connectivity index (χ4v) is 3.22. The summed E-state index contributed by atoms with van der Waals surface area (Å²) in [5, 5.41) is 14.2. The van der Waals surface area contributed by atoms with Gasteiger partial charge in [-0.05, 0) is 36.4 Å². The van der Waals surface area contributed by atoms with Crippen molar-refractivity contribution in [2.75, 3.05) is 10.0 Å². The first-order valence-corrected chi connectivity index (χ1v) is 8.39. The number of nitrogens with zero attached hydrogens (tertiary/aromatic N) is 5. The Bertz CT molecular complexity index is 1060. The van der Waals surface area contributed by atoms with Crippen LogP contribution in [0.3, 0.4) is 0 Å². The Morgan fingerprint density at radius 3 is 2.57 bits per heavy atom. The number of aliphatic hydroxyl groups excluding tert-OH is 1. The lowest BCUT2D eigenvalue weighted by molar-refractivity contribution is 0.388. The first kappa shape index (κ1) is 17.7. The minimum Gasteiger partial charge on any atom is -0.492 e. The van der Waals surface area contributed by atoms with Crippen LogP contribution in [-0.2, 0) is 6.54 Å². The Labute approximate surface area is 159 Å². The van der Waals surface area contributed by atoms with Gasteiger partial charge in [0.2, 0.25) is 5.88 Å². The zero-order valence-corrected chi connectivity index (χ0v) is 14.6. The zero-order chi connectivity index (χ0) is 18.4. The quantitative estimate of drug-likeness (QED) is 0.727. The van der Waals surface area contributed by atoms with E-state index in [0.717, 1.165) is 11.4 Å². The Balaban J connectivity index is 0.00000192. The maximum absolute atomic E-state index is 13.3. The molecule has 0 radical (unpaired) electrons. The molecule has 8 nitrogen and oxygen atoms in total. The number of rotatable bonds is 3. The highest BCUT2D eigenvalue weighted by molar-refractivity contribution is 6.09. The highest BCUT2D eigenvalue weighted by Crippen LogP contribution is 2.39. The molecule has 9 heteroatoms. The van der Waals surface area contributed by atoms with Crippen molar-refractivity contribution < 1.29 is 15.0 Å². The summed E-state index contributed by atoms with van der Waals surface area (Å²) in [4.78, 5) is 8.80. The van der Waals surface area contributed by atoms with Gasteiger partial charge in [0.05, 0.1) is 35.6 Å². The van der Waals surface area contributed by atoms with Gasteiger partial charge in [-0.3, -0.25) is 0 Å². The van der Waals surface area contributed by atoms with Crippen molar-refractivity contribution in [3.8, 4) is 0 Å². The molecule has 0 fully saturated rings.